The second-order valence-corrected chi connectivity index (χ2v) is 5.33. The van der Waals surface area contributed by atoms with Crippen LogP contribution in [0.3, 0.4) is 0 Å². The molecule has 0 aliphatic carbocycles. The van der Waals surface area contributed by atoms with E-state index >= 15 is 0 Å². The number of hydrogen-bond donors (Lipinski definition) is 2. The van der Waals surface area contributed by atoms with Gasteiger partial charge in [-0.05, 0) is 24.1 Å². The molecule has 0 spiro atoms. The van der Waals surface area contributed by atoms with Crippen LogP contribution in [0.5, 0.6) is 0 Å². The van der Waals surface area contributed by atoms with Gasteiger partial charge in [-0.1, -0.05) is 11.6 Å². The number of hydrazine groups is 1. The van der Waals surface area contributed by atoms with E-state index in [1.54, 1.807) is 16.0 Å². The maximum Gasteiger partial charge on any atom is 0.0931 e. The Morgan fingerprint density at radius 2 is 2.44 bits per heavy atom. The zero-order valence-corrected chi connectivity index (χ0v) is 10.4. The van der Waals surface area contributed by atoms with Gasteiger partial charge in [0, 0.05) is 18.1 Å². The molecule has 0 aromatic carbocycles. The van der Waals surface area contributed by atoms with Crippen molar-refractivity contribution < 1.29 is 0 Å². The lowest BCUT2D eigenvalue weighted by Crippen LogP contribution is -2.28. The summed E-state index contributed by atoms with van der Waals surface area (Å²) < 4.78 is 2.56. The maximum atomic E-state index is 5.90. The van der Waals surface area contributed by atoms with E-state index < -0.39 is 0 Å². The van der Waals surface area contributed by atoms with Crippen molar-refractivity contribution in [2.45, 2.75) is 12.5 Å². The number of nitrogens with two attached hydrogens (primary N) is 1. The van der Waals surface area contributed by atoms with E-state index in [9.17, 15) is 0 Å². The Balaban J connectivity index is 2.12. The molecule has 0 aliphatic heterocycles. The number of aromatic nitrogens is 2. The molecular weight excluding hydrogens is 244 g/mol. The van der Waals surface area contributed by atoms with Crippen LogP contribution in [0.15, 0.2) is 24.5 Å². The van der Waals surface area contributed by atoms with Crippen LogP contribution in [0.25, 0.3) is 0 Å². The summed E-state index contributed by atoms with van der Waals surface area (Å²) in [4.78, 5) is 1.14. The SMILES string of the molecule is Cn1cc(CC(NN)c2ccc(Cl)s2)cn1. The van der Waals surface area contributed by atoms with Gasteiger partial charge in [0.25, 0.3) is 0 Å². The molecule has 0 amide bonds. The summed E-state index contributed by atoms with van der Waals surface area (Å²) in [5, 5.41) is 4.13. The molecule has 3 N–H and O–H groups in total. The topological polar surface area (TPSA) is 55.9 Å². The molecule has 86 valence electrons. The molecule has 0 saturated heterocycles. The number of nitrogens with one attached hydrogen (secondary N) is 1. The summed E-state index contributed by atoms with van der Waals surface area (Å²) in [5.74, 6) is 5.56. The van der Waals surface area contributed by atoms with Crippen molar-refractivity contribution in [3.8, 4) is 0 Å². The van der Waals surface area contributed by atoms with Gasteiger partial charge in [-0.3, -0.25) is 16.0 Å². The normalized spacial score (nSPS) is 12.9. The molecule has 6 heteroatoms. The minimum Gasteiger partial charge on any atom is -0.276 e. The summed E-state index contributed by atoms with van der Waals surface area (Å²) in [5.41, 5.74) is 3.95. The second kappa shape index (κ2) is 4.97. The molecule has 16 heavy (non-hydrogen) atoms. The lowest BCUT2D eigenvalue weighted by molar-refractivity contribution is 0.560. The highest BCUT2D eigenvalue weighted by Gasteiger charge is 2.13. The molecule has 2 aromatic heterocycles. The van der Waals surface area contributed by atoms with Crippen molar-refractivity contribution in [3.63, 3.8) is 0 Å². The Kier molecular flexibility index (Phi) is 3.60. The largest absolute Gasteiger partial charge is 0.276 e. The first kappa shape index (κ1) is 11.6. The third kappa shape index (κ3) is 2.62. The lowest BCUT2D eigenvalue weighted by Gasteiger charge is -2.12. The Bertz CT molecular complexity index is 465. The molecule has 0 radical (unpaired) electrons. The van der Waals surface area contributed by atoms with E-state index in [1.807, 2.05) is 31.6 Å². The number of halogens is 1. The van der Waals surface area contributed by atoms with Crippen LogP contribution in [0.4, 0.5) is 0 Å². The molecule has 0 saturated carbocycles. The summed E-state index contributed by atoms with van der Waals surface area (Å²) in [6, 6.07) is 3.96. The highest BCUT2D eigenvalue weighted by atomic mass is 35.5. The van der Waals surface area contributed by atoms with Crippen LogP contribution in [0.2, 0.25) is 4.34 Å². The van der Waals surface area contributed by atoms with Crippen LogP contribution in [-0.4, -0.2) is 9.78 Å². The van der Waals surface area contributed by atoms with Crippen LogP contribution >= 0.6 is 22.9 Å². The smallest absolute Gasteiger partial charge is 0.0931 e. The van der Waals surface area contributed by atoms with E-state index in [0.717, 1.165) is 21.2 Å². The molecule has 1 atom stereocenters. The minimum atomic E-state index is 0.0849. The van der Waals surface area contributed by atoms with Crippen LogP contribution in [-0.2, 0) is 13.5 Å². The maximum absolute atomic E-state index is 5.90. The van der Waals surface area contributed by atoms with Gasteiger partial charge in [0.05, 0.1) is 16.6 Å². The number of aryl methyl sites for hydroxylation is 1. The van der Waals surface area contributed by atoms with Gasteiger partial charge >= 0.3 is 0 Å². The third-order valence-electron chi connectivity index (χ3n) is 2.34. The van der Waals surface area contributed by atoms with Gasteiger partial charge in [0.2, 0.25) is 0 Å². The summed E-state index contributed by atoms with van der Waals surface area (Å²) in [6.45, 7) is 0. The number of rotatable bonds is 4. The molecule has 0 fully saturated rings. The third-order valence-corrected chi connectivity index (χ3v) is 3.68. The predicted molar refractivity (Wildman–Crippen MR) is 66.3 cm³/mol. The Labute approximate surface area is 103 Å². The summed E-state index contributed by atoms with van der Waals surface area (Å²) in [6.07, 6.45) is 4.64. The number of hydrogen-bond acceptors (Lipinski definition) is 4. The van der Waals surface area contributed by atoms with Gasteiger partial charge in [0.15, 0.2) is 0 Å². The molecule has 1 unspecified atom stereocenters. The standard InChI is InChI=1S/C10H13ClN4S/c1-15-6-7(5-13-15)4-8(14-12)9-2-3-10(11)16-9/h2-3,5-6,8,14H,4,12H2,1H3. The fourth-order valence-electron chi connectivity index (χ4n) is 1.57. The first-order chi connectivity index (χ1) is 7.69. The molecule has 4 nitrogen and oxygen atoms in total. The fraction of sp³-hybridized carbons (Fsp3) is 0.300. The lowest BCUT2D eigenvalue weighted by atomic mass is 10.1. The monoisotopic (exact) mass is 256 g/mol. The van der Waals surface area contributed by atoms with Gasteiger partial charge < -0.3 is 0 Å². The molecule has 2 rings (SSSR count). The minimum absolute atomic E-state index is 0.0849. The van der Waals surface area contributed by atoms with Crippen LogP contribution in [0, 0.1) is 0 Å². The second-order valence-electron chi connectivity index (χ2n) is 3.59. The van der Waals surface area contributed by atoms with E-state index in [2.05, 4.69) is 10.5 Å². The first-order valence-electron chi connectivity index (χ1n) is 4.88. The molecule has 2 heterocycles. The molecule has 0 bridgehead atoms. The summed E-state index contributed by atoms with van der Waals surface area (Å²) >= 11 is 7.44. The summed E-state index contributed by atoms with van der Waals surface area (Å²) in [7, 11) is 1.90. The van der Waals surface area contributed by atoms with Crippen LogP contribution in [0.1, 0.15) is 16.5 Å². The van der Waals surface area contributed by atoms with Gasteiger partial charge in [-0.25, -0.2) is 0 Å². The Morgan fingerprint density at radius 1 is 1.62 bits per heavy atom. The predicted octanol–water partition coefficient (Wildman–Crippen LogP) is 1.88. The van der Waals surface area contributed by atoms with E-state index in [-0.39, 0.29) is 6.04 Å². The highest BCUT2D eigenvalue weighted by Crippen LogP contribution is 2.28. The van der Waals surface area contributed by atoms with E-state index in [4.69, 9.17) is 17.4 Å². The van der Waals surface area contributed by atoms with Gasteiger partial charge in [-0.2, -0.15) is 5.10 Å². The van der Waals surface area contributed by atoms with Crippen molar-refractivity contribution in [3.05, 3.63) is 39.3 Å². The number of thiophene rings is 1. The Morgan fingerprint density at radius 3 is 2.94 bits per heavy atom. The van der Waals surface area contributed by atoms with Crippen molar-refractivity contribution in [1.29, 1.82) is 0 Å². The average Bonchev–Trinajstić information content (AvgIpc) is 2.84. The number of nitrogens with zero attached hydrogens (tertiary/aromatic N) is 2. The van der Waals surface area contributed by atoms with E-state index in [1.165, 1.54) is 0 Å². The van der Waals surface area contributed by atoms with Crippen molar-refractivity contribution in [2.24, 2.45) is 12.9 Å². The zero-order chi connectivity index (χ0) is 11.5. The van der Waals surface area contributed by atoms with Crippen molar-refractivity contribution >= 4 is 22.9 Å². The van der Waals surface area contributed by atoms with Gasteiger partial charge in [0.1, 0.15) is 0 Å². The van der Waals surface area contributed by atoms with Gasteiger partial charge in [-0.15, -0.1) is 11.3 Å². The average molecular weight is 257 g/mol. The zero-order valence-electron chi connectivity index (χ0n) is 8.85. The molecule has 0 aliphatic rings. The molecule has 2 aromatic rings. The quantitative estimate of drug-likeness (QED) is 0.649. The fourth-order valence-corrected chi connectivity index (χ4v) is 2.69. The van der Waals surface area contributed by atoms with Crippen LogP contribution < -0.4 is 11.3 Å². The Hall–Kier alpha value is -0.880. The van der Waals surface area contributed by atoms with Crippen molar-refractivity contribution in [1.82, 2.24) is 15.2 Å². The van der Waals surface area contributed by atoms with Crippen molar-refractivity contribution in [2.75, 3.05) is 0 Å². The first-order valence-corrected chi connectivity index (χ1v) is 6.07. The molecular formula is C10H13ClN4S. The highest BCUT2D eigenvalue weighted by molar-refractivity contribution is 7.16. The van der Waals surface area contributed by atoms with E-state index in [0.29, 0.717) is 0 Å².